The Morgan fingerprint density at radius 1 is 0.762 bits per heavy atom. The van der Waals surface area contributed by atoms with Gasteiger partial charge in [0.05, 0.1) is 0 Å². The van der Waals surface area contributed by atoms with Crippen molar-refractivity contribution in [3.63, 3.8) is 0 Å². The van der Waals surface area contributed by atoms with Crippen molar-refractivity contribution in [1.29, 1.82) is 0 Å². The van der Waals surface area contributed by atoms with E-state index in [0.717, 1.165) is 33.4 Å². The standard InChI is InChI=1S/C19H16O2/c1-11-5-3-7-13-15(11)9-19(17(13)20)10-16-12(2)6-4-8-14(16)18(19)21/h3-8H,9-10H2,1-2H3. The van der Waals surface area contributed by atoms with Crippen LogP contribution in [0.2, 0.25) is 0 Å². The Kier molecular flexibility index (Phi) is 2.33. The van der Waals surface area contributed by atoms with Gasteiger partial charge in [-0.15, -0.1) is 0 Å². The molecule has 0 amide bonds. The number of benzene rings is 2. The number of carbonyl (C=O) groups excluding carboxylic acids is 2. The third kappa shape index (κ3) is 1.42. The van der Waals surface area contributed by atoms with E-state index in [4.69, 9.17) is 0 Å². The predicted molar refractivity (Wildman–Crippen MR) is 80.9 cm³/mol. The van der Waals surface area contributed by atoms with Crippen molar-refractivity contribution in [3.8, 4) is 0 Å². The minimum atomic E-state index is -0.872. The third-order valence-electron chi connectivity index (χ3n) is 5.14. The number of hydrogen-bond donors (Lipinski definition) is 0. The topological polar surface area (TPSA) is 34.1 Å². The summed E-state index contributed by atoms with van der Waals surface area (Å²) in [6, 6.07) is 11.6. The summed E-state index contributed by atoms with van der Waals surface area (Å²) in [5, 5.41) is 0. The summed E-state index contributed by atoms with van der Waals surface area (Å²) in [6.45, 7) is 4.03. The van der Waals surface area contributed by atoms with Gasteiger partial charge >= 0.3 is 0 Å². The summed E-state index contributed by atoms with van der Waals surface area (Å²) in [7, 11) is 0. The van der Waals surface area contributed by atoms with E-state index < -0.39 is 5.41 Å². The number of fused-ring (bicyclic) bond motifs is 2. The molecular weight excluding hydrogens is 260 g/mol. The molecule has 0 aliphatic heterocycles. The zero-order valence-corrected chi connectivity index (χ0v) is 12.2. The fraction of sp³-hybridized carbons (Fsp3) is 0.263. The first kappa shape index (κ1) is 12.5. The monoisotopic (exact) mass is 276 g/mol. The number of hydrogen-bond acceptors (Lipinski definition) is 2. The second-order valence-corrected chi connectivity index (χ2v) is 6.30. The fourth-order valence-corrected chi connectivity index (χ4v) is 3.91. The molecule has 2 aromatic carbocycles. The lowest BCUT2D eigenvalue weighted by Gasteiger charge is -2.18. The van der Waals surface area contributed by atoms with Crippen LogP contribution in [0.15, 0.2) is 36.4 Å². The molecule has 0 bridgehead atoms. The van der Waals surface area contributed by atoms with Gasteiger partial charge in [0.1, 0.15) is 5.41 Å². The molecule has 104 valence electrons. The summed E-state index contributed by atoms with van der Waals surface area (Å²) in [5.74, 6) is 0.0311. The highest BCUT2D eigenvalue weighted by Crippen LogP contribution is 2.48. The first-order chi connectivity index (χ1) is 10.0. The smallest absolute Gasteiger partial charge is 0.177 e. The first-order valence-electron chi connectivity index (χ1n) is 7.31. The van der Waals surface area contributed by atoms with Crippen LogP contribution in [-0.2, 0) is 12.8 Å². The molecule has 2 nitrogen and oxygen atoms in total. The number of ketones is 2. The highest BCUT2D eigenvalue weighted by Gasteiger charge is 2.55. The zero-order chi connectivity index (χ0) is 14.8. The van der Waals surface area contributed by atoms with Gasteiger partial charge < -0.3 is 0 Å². The maximum Gasteiger partial charge on any atom is 0.177 e. The van der Waals surface area contributed by atoms with E-state index in [-0.39, 0.29) is 11.6 Å². The van der Waals surface area contributed by atoms with E-state index in [1.807, 2.05) is 50.2 Å². The average Bonchev–Trinajstić information content (AvgIpc) is 2.92. The van der Waals surface area contributed by atoms with Gasteiger partial charge in [-0.05, 0) is 48.9 Å². The van der Waals surface area contributed by atoms with Gasteiger partial charge in [0.25, 0.3) is 0 Å². The molecule has 2 aromatic rings. The van der Waals surface area contributed by atoms with Crippen molar-refractivity contribution in [2.45, 2.75) is 26.7 Å². The molecule has 0 unspecified atom stereocenters. The SMILES string of the molecule is Cc1cccc2c1CC1(Cc3c(C)cccc3C1=O)C2=O. The van der Waals surface area contributed by atoms with Gasteiger partial charge in [0, 0.05) is 11.1 Å². The molecule has 0 fully saturated rings. The zero-order valence-electron chi connectivity index (χ0n) is 12.2. The van der Waals surface area contributed by atoms with E-state index in [9.17, 15) is 9.59 Å². The second-order valence-electron chi connectivity index (χ2n) is 6.30. The van der Waals surface area contributed by atoms with Crippen molar-refractivity contribution < 1.29 is 9.59 Å². The number of aryl methyl sites for hydroxylation is 2. The lowest BCUT2D eigenvalue weighted by molar-refractivity contribution is 0.0705. The van der Waals surface area contributed by atoms with Crippen LogP contribution < -0.4 is 0 Å². The molecule has 0 atom stereocenters. The normalized spacial score (nSPS) is 18.2. The number of rotatable bonds is 0. The van der Waals surface area contributed by atoms with Gasteiger partial charge in [-0.3, -0.25) is 9.59 Å². The molecular formula is C19H16O2. The summed E-state index contributed by atoms with van der Waals surface area (Å²) in [5.41, 5.74) is 4.95. The molecule has 21 heavy (non-hydrogen) atoms. The number of Topliss-reactive ketones (excluding diaryl/α,β-unsaturated/α-hetero) is 2. The molecule has 1 spiro atoms. The van der Waals surface area contributed by atoms with Gasteiger partial charge in [0.15, 0.2) is 11.6 Å². The van der Waals surface area contributed by atoms with Crippen molar-refractivity contribution in [3.05, 3.63) is 69.8 Å². The lowest BCUT2D eigenvalue weighted by atomic mass is 9.79. The van der Waals surface area contributed by atoms with Crippen LogP contribution >= 0.6 is 0 Å². The summed E-state index contributed by atoms with van der Waals surface area (Å²) in [6.07, 6.45) is 1.11. The maximum atomic E-state index is 12.9. The predicted octanol–water partition coefficient (Wildman–Crippen LogP) is 3.47. The molecule has 2 heteroatoms. The van der Waals surface area contributed by atoms with Crippen molar-refractivity contribution in [2.24, 2.45) is 5.41 Å². The van der Waals surface area contributed by atoms with Crippen LogP contribution in [0, 0.1) is 19.3 Å². The van der Waals surface area contributed by atoms with Crippen LogP contribution in [0.5, 0.6) is 0 Å². The maximum absolute atomic E-state index is 12.9. The largest absolute Gasteiger partial charge is 0.293 e. The van der Waals surface area contributed by atoms with Crippen molar-refractivity contribution in [2.75, 3.05) is 0 Å². The third-order valence-corrected chi connectivity index (χ3v) is 5.14. The lowest BCUT2D eigenvalue weighted by Crippen LogP contribution is -2.34. The van der Waals surface area contributed by atoms with Crippen LogP contribution in [0.4, 0.5) is 0 Å². The van der Waals surface area contributed by atoms with Gasteiger partial charge in [-0.25, -0.2) is 0 Å². The molecule has 2 aliphatic rings. The highest BCUT2D eigenvalue weighted by atomic mass is 16.2. The first-order valence-corrected chi connectivity index (χ1v) is 7.31. The highest BCUT2D eigenvalue weighted by molar-refractivity contribution is 6.25. The molecule has 0 saturated carbocycles. The average molecular weight is 276 g/mol. The van der Waals surface area contributed by atoms with Crippen LogP contribution in [0.3, 0.4) is 0 Å². The molecule has 0 saturated heterocycles. The van der Waals surface area contributed by atoms with Crippen LogP contribution in [0.25, 0.3) is 0 Å². The summed E-state index contributed by atoms with van der Waals surface area (Å²) in [4.78, 5) is 25.9. The Balaban J connectivity index is 1.90. The van der Waals surface area contributed by atoms with E-state index in [1.165, 1.54) is 0 Å². The van der Waals surface area contributed by atoms with Crippen molar-refractivity contribution >= 4 is 11.6 Å². The molecule has 0 aromatic heterocycles. The van der Waals surface area contributed by atoms with Crippen molar-refractivity contribution in [1.82, 2.24) is 0 Å². The van der Waals surface area contributed by atoms with Crippen LogP contribution in [-0.4, -0.2) is 11.6 Å². The Hall–Kier alpha value is -2.22. The van der Waals surface area contributed by atoms with Gasteiger partial charge in [-0.1, -0.05) is 36.4 Å². The molecule has 4 rings (SSSR count). The van der Waals surface area contributed by atoms with E-state index >= 15 is 0 Å². The quantitative estimate of drug-likeness (QED) is 0.690. The molecule has 0 radical (unpaired) electrons. The van der Waals surface area contributed by atoms with Crippen LogP contribution in [0.1, 0.15) is 43.0 Å². The van der Waals surface area contributed by atoms with E-state index in [2.05, 4.69) is 0 Å². The second kappa shape index (κ2) is 3.91. The minimum absolute atomic E-state index is 0.0156. The summed E-state index contributed by atoms with van der Waals surface area (Å²) >= 11 is 0. The molecule has 2 aliphatic carbocycles. The summed E-state index contributed by atoms with van der Waals surface area (Å²) < 4.78 is 0. The van der Waals surface area contributed by atoms with Gasteiger partial charge in [0.2, 0.25) is 0 Å². The molecule has 0 N–H and O–H groups in total. The van der Waals surface area contributed by atoms with E-state index in [1.54, 1.807) is 0 Å². The fourth-order valence-electron chi connectivity index (χ4n) is 3.91. The van der Waals surface area contributed by atoms with E-state index in [0.29, 0.717) is 12.8 Å². The Morgan fingerprint density at radius 3 is 1.57 bits per heavy atom. The van der Waals surface area contributed by atoms with Gasteiger partial charge in [-0.2, -0.15) is 0 Å². The Bertz CT molecular complexity index is 745. The number of carbonyl (C=O) groups is 2. The minimum Gasteiger partial charge on any atom is -0.293 e. The Morgan fingerprint density at radius 2 is 1.19 bits per heavy atom. The Labute approximate surface area is 123 Å². The molecule has 0 heterocycles.